The number of carbonyl (C=O) groups is 1. The Balaban J connectivity index is 2.13. The molecule has 114 valence electrons. The highest BCUT2D eigenvalue weighted by Crippen LogP contribution is 2.27. The SMILES string of the molecule is CN(C)c1ccc(/C=N\NC(=O)c2ccco2)cc1[N+](=O)[O-]. The summed E-state index contributed by atoms with van der Waals surface area (Å²) in [5.74, 6) is -0.369. The summed E-state index contributed by atoms with van der Waals surface area (Å²) in [4.78, 5) is 23.8. The maximum Gasteiger partial charge on any atom is 0.307 e. The summed E-state index contributed by atoms with van der Waals surface area (Å²) in [5, 5.41) is 14.8. The summed E-state index contributed by atoms with van der Waals surface area (Å²) in [6.45, 7) is 0. The van der Waals surface area contributed by atoms with E-state index in [2.05, 4.69) is 10.5 Å². The van der Waals surface area contributed by atoms with Gasteiger partial charge in [-0.05, 0) is 18.2 Å². The van der Waals surface area contributed by atoms with Crippen molar-refractivity contribution in [3.05, 3.63) is 58.0 Å². The minimum atomic E-state index is -0.499. The van der Waals surface area contributed by atoms with Crippen LogP contribution in [0.5, 0.6) is 0 Å². The quantitative estimate of drug-likeness (QED) is 0.517. The van der Waals surface area contributed by atoms with E-state index in [0.717, 1.165) is 0 Å². The summed E-state index contributed by atoms with van der Waals surface area (Å²) >= 11 is 0. The molecule has 0 aliphatic rings. The first-order chi connectivity index (χ1) is 10.5. The molecular weight excluding hydrogens is 288 g/mol. The van der Waals surface area contributed by atoms with Crippen molar-refractivity contribution in [2.24, 2.45) is 5.10 Å². The molecule has 1 aromatic heterocycles. The number of hydrazone groups is 1. The van der Waals surface area contributed by atoms with Gasteiger partial charge in [0.05, 0.1) is 17.4 Å². The highest BCUT2D eigenvalue weighted by atomic mass is 16.6. The van der Waals surface area contributed by atoms with E-state index < -0.39 is 10.8 Å². The number of nitro groups is 1. The fourth-order valence-electron chi connectivity index (χ4n) is 1.77. The lowest BCUT2D eigenvalue weighted by Gasteiger charge is -2.12. The van der Waals surface area contributed by atoms with Gasteiger partial charge >= 0.3 is 5.91 Å². The molecule has 0 radical (unpaired) electrons. The number of furan rings is 1. The fourth-order valence-corrected chi connectivity index (χ4v) is 1.77. The van der Waals surface area contributed by atoms with E-state index in [9.17, 15) is 14.9 Å². The van der Waals surface area contributed by atoms with Crippen LogP contribution in [0.15, 0.2) is 46.1 Å². The zero-order chi connectivity index (χ0) is 16.1. The molecular formula is C14H14N4O4. The van der Waals surface area contributed by atoms with Gasteiger partial charge in [-0.1, -0.05) is 6.07 Å². The van der Waals surface area contributed by atoms with Gasteiger partial charge in [-0.3, -0.25) is 14.9 Å². The van der Waals surface area contributed by atoms with Crippen LogP contribution in [0.3, 0.4) is 0 Å². The maximum absolute atomic E-state index is 11.6. The van der Waals surface area contributed by atoms with E-state index in [0.29, 0.717) is 11.3 Å². The summed E-state index contributed by atoms with van der Waals surface area (Å²) in [7, 11) is 3.44. The third-order valence-electron chi connectivity index (χ3n) is 2.80. The molecule has 8 heteroatoms. The van der Waals surface area contributed by atoms with E-state index in [4.69, 9.17) is 4.42 Å². The zero-order valence-electron chi connectivity index (χ0n) is 12.0. The summed E-state index contributed by atoms with van der Waals surface area (Å²) < 4.78 is 4.91. The van der Waals surface area contributed by atoms with E-state index in [1.165, 1.54) is 24.6 Å². The maximum atomic E-state index is 11.6. The average Bonchev–Trinajstić information content (AvgIpc) is 3.01. The lowest BCUT2D eigenvalue weighted by molar-refractivity contribution is -0.384. The van der Waals surface area contributed by atoms with Gasteiger partial charge in [0.1, 0.15) is 5.69 Å². The normalized spacial score (nSPS) is 10.6. The summed E-state index contributed by atoms with van der Waals surface area (Å²) in [6, 6.07) is 7.76. The molecule has 0 aliphatic heterocycles. The molecule has 0 bridgehead atoms. The molecule has 0 aliphatic carbocycles. The predicted octanol–water partition coefficient (Wildman–Crippen LogP) is 2.02. The first-order valence-electron chi connectivity index (χ1n) is 6.31. The smallest absolute Gasteiger partial charge is 0.307 e. The van der Waals surface area contributed by atoms with Crippen LogP contribution >= 0.6 is 0 Å². The molecule has 8 nitrogen and oxygen atoms in total. The summed E-state index contributed by atoms with van der Waals surface area (Å²) in [6.07, 6.45) is 2.70. The molecule has 22 heavy (non-hydrogen) atoms. The van der Waals surface area contributed by atoms with Crippen molar-refractivity contribution in [3.63, 3.8) is 0 Å². The molecule has 0 fully saturated rings. The van der Waals surface area contributed by atoms with E-state index in [-0.39, 0.29) is 11.4 Å². The fraction of sp³-hybridized carbons (Fsp3) is 0.143. The Bertz CT molecular complexity index is 708. The number of nitro benzene ring substituents is 1. The van der Waals surface area contributed by atoms with Crippen molar-refractivity contribution in [3.8, 4) is 0 Å². The van der Waals surface area contributed by atoms with Gasteiger partial charge in [-0.2, -0.15) is 5.10 Å². The lowest BCUT2D eigenvalue weighted by Crippen LogP contribution is -2.16. The first kappa shape index (κ1) is 15.2. The molecule has 1 heterocycles. The third-order valence-corrected chi connectivity index (χ3v) is 2.80. The van der Waals surface area contributed by atoms with E-state index >= 15 is 0 Å². The third kappa shape index (κ3) is 3.48. The number of benzene rings is 1. The molecule has 0 spiro atoms. The Labute approximate surface area is 126 Å². The number of carbonyl (C=O) groups excluding carboxylic acids is 1. The van der Waals surface area contributed by atoms with Crippen LogP contribution in [0.1, 0.15) is 16.1 Å². The molecule has 0 saturated heterocycles. The topological polar surface area (TPSA) is 101 Å². The number of nitrogens with zero attached hydrogens (tertiary/aromatic N) is 3. The van der Waals surface area contributed by atoms with Crippen LogP contribution in [-0.4, -0.2) is 31.1 Å². The minimum Gasteiger partial charge on any atom is -0.459 e. The standard InChI is InChI=1S/C14H14N4O4/c1-17(2)11-6-5-10(8-12(11)18(20)21)9-15-16-14(19)13-4-3-7-22-13/h3-9H,1-2H3,(H,16,19)/b15-9-. The van der Waals surface area contributed by atoms with Crippen molar-refractivity contribution in [2.45, 2.75) is 0 Å². The largest absolute Gasteiger partial charge is 0.459 e. The minimum absolute atomic E-state index is 0.0358. The van der Waals surface area contributed by atoms with E-state index in [1.54, 1.807) is 37.2 Å². The van der Waals surface area contributed by atoms with Gasteiger partial charge < -0.3 is 9.32 Å². The Hall–Kier alpha value is -3.16. The highest BCUT2D eigenvalue weighted by molar-refractivity contribution is 5.92. The van der Waals surface area contributed by atoms with Crippen molar-refractivity contribution < 1.29 is 14.1 Å². The second-order valence-corrected chi connectivity index (χ2v) is 4.58. The number of hydrogen-bond acceptors (Lipinski definition) is 6. The van der Waals surface area contributed by atoms with Crippen LogP contribution in [0.25, 0.3) is 0 Å². The molecule has 1 N–H and O–H groups in total. The van der Waals surface area contributed by atoms with Gasteiger partial charge in [0.25, 0.3) is 5.69 Å². The van der Waals surface area contributed by atoms with Gasteiger partial charge in [-0.15, -0.1) is 0 Å². The number of rotatable bonds is 5. The number of nitrogens with one attached hydrogen (secondary N) is 1. The second-order valence-electron chi connectivity index (χ2n) is 4.58. The molecule has 0 saturated carbocycles. The van der Waals surface area contributed by atoms with Crippen molar-refractivity contribution in [1.29, 1.82) is 0 Å². The van der Waals surface area contributed by atoms with E-state index in [1.807, 2.05) is 0 Å². The van der Waals surface area contributed by atoms with Crippen LogP contribution in [0, 0.1) is 10.1 Å². The second kappa shape index (κ2) is 6.53. The monoisotopic (exact) mass is 302 g/mol. The number of amides is 1. The van der Waals surface area contributed by atoms with Gasteiger partial charge in [0.2, 0.25) is 0 Å². The zero-order valence-corrected chi connectivity index (χ0v) is 12.0. The van der Waals surface area contributed by atoms with Crippen molar-refractivity contribution in [2.75, 3.05) is 19.0 Å². The first-order valence-corrected chi connectivity index (χ1v) is 6.31. The van der Waals surface area contributed by atoms with Crippen LogP contribution in [0.2, 0.25) is 0 Å². The molecule has 2 rings (SSSR count). The molecule has 0 unspecified atom stereocenters. The Morgan fingerprint density at radius 2 is 2.18 bits per heavy atom. The Kier molecular flexibility index (Phi) is 4.52. The number of hydrogen-bond donors (Lipinski definition) is 1. The van der Waals surface area contributed by atoms with Crippen molar-refractivity contribution >= 4 is 23.5 Å². The molecule has 1 amide bonds. The van der Waals surface area contributed by atoms with Crippen molar-refractivity contribution in [1.82, 2.24) is 5.43 Å². The van der Waals surface area contributed by atoms with Crippen LogP contribution in [-0.2, 0) is 0 Å². The molecule has 1 aromatic carbocycles. The molecule has 0 atom stereocenters. The number of anilines is 1. The van der Waals surface area contributed by atoms with Crippen LogP contribution < -0.4 is 10.3 Å². The van der Waals surface area contributed by atoms with Gasteiger partial charge in [-0.25, -0.2) is 5.43 Å². The van der Waals surface area contributed by atoms with Gasteiger partial charge in [0.15, 0.2) is 5.76 Å². The van der Waals surface area contributed by atoms with Crippen LogP contribution in [0.4, 0.5) is 11.4 Å². The highest BCUT2D eigenvalue weighted by Gasteiger charge is 2.15. The summed E-state index contributed by atoms with van der Waals surface area (Å²) in [5.41, 5.74) is 3.23. The van der Waals surface area contributed by atoms with Gasteiger partial charge in [0, 0.05) is 25.7 Å². The Morgan fingerprint density at radius 1 is 1.41 bits per heavy atom. The lowest BCUT2D eigenvalue weighted by atomic mass is 10.2. The molecule has 2 aromatic rings. The average molecular weight is 302 g/mol. The Morgan fingerprint density at radius 3 is 2.77 bits per heavy atom. The predicted molar refractivity (Wildman–Crippen MR) is 81.2 cm³/mol.